The summed E-state index contributed by atoms with van der Waals surface area (Å²) in [5.74, 6) is 0.467. The molecule has 0 unspecified atom stereocenters. The second kappa shape index (κ2) is 12.3. The number of carbonyl (C=O) groups excluding carboxylic acids is 1. The van der Waals surface area contributed by atoms with Gasteiger partial charge in [-0.3, -0.25) is 9.69 Å². The number of alkyl halides is 3. The molecule has 0 saturated carbocycles. The SMILES string of the molecule is COc1ccc(CN2C[C@H](CN(CC(C)C)C(=O)c3ccc(C)cc3)[C@@H](c3cccc(C(F)(F)F)c3)C2)c(O)c1. The molecule has 4 rings (SSSR count). The minimum Gasteiger partial charge on any atom is -0.507 e. The fraction of sp³-hybridized carbons (Fsp3) is 0.406. The van der Waals surface area contributed by atoms with Crippen LogP contribution in [0.3, 0.4) is 0 Å². The molecule has 1 fully saturated rings. The van der Waals surface area contributed by atoms with Crippen LogP contribution in [-0.2, 0) is 12.7 Å². The van der Waals surface area contributed by atoms with Crippen LogP contribution in [0, 0.1) is 18.8 Å². The smallest absolute Gasteiger partial charge is 0.416 e. The quantitative estimate of drug-likeness (QED) is 0.318. The summed E-state index contributed by atoms with van der Waals surface area (Å²) in [6.07, 6.45) is -4.44. The fourth-order valence-corrected chi connectivity index (χ4v) is 5.49. The molecule has 1 saturated heterocycles. The number of methoxy groups -OCH3 is 1. The molecule has 0 aromatic heterocycles. The number of halogens is 3. The van der Waals surface area contributed by atoms with Gasteiger partial charge in [0.05, 0.1) is 12.7 Å². The Labute approximate surface area is 234 Å². The Morgan fingerprint density at radius 2 is 1.80 bits per heavy atom. The number of phenols is 1. The first-order valence-corrected chi connectivity index (χ1v) is 13.6. The van der Waals surface area contributed by atoms with Crippen molar-refractivity contribution in [1.82, 2.24) is 9.80 Å². The predicted molar refractivity (Wildman–Crippen MR) is 150 cm³/mol. The molecule has 1 N–H and O–H groups in total. The highest BCUT2D eigenvalue weighted by atomic mass is 19.4. The van der Waals surface area contributed by atoms with Gasteiger partial charge in [0.2, 0.25) is 0 Å². The van der Waals surface area contributed by atoms with Gasteiger partial charge >= 0.3 is 6.18 Å². The van der Waals surface area contributed by atoms with Gasteiger partial charge < -0.3 is 14.7 Å². The van der Waals surface area contributed by atoms with Crippen molar-refractivity contribution >= 4 is 5.91 Å². The Balaban J connectivity index is 1.64. The van der Waals surface area contributed by atoms with Crippen LogP contribution in [0.25, 0.3) is 0 Å². The number of aryl methyl sites for hydroxylation is 1. The van der Waals surface area contributed by atoms with E-state index in [1.165, 1.54) is 19.2 Å². The van der Waals surface area contributed by atoms with Crippen LogP contribution in [0.1, 0.15) is 52.4 Å². The number of hydrogen-bond acceptors (Lipinski definition) is 4. The van der Waals surface area contributed by atoms with Crippen LogP contribution in [0.4, 0.5) is 13.2 Å². The summed E-state index contributed by atoms with van der Waals surface area (Å²) in [7, 11) is 1.53. The highest BCUT2D eigenvalue weighted by molar-refractivity contribution is 5.94. The van der Waals surface area contributed by atoms with Gasteiger partial charge in [0.25, 0.3) is 5.91 Å². The van der Waals surface area contributed by atoms with Gasteiger partial charge in [0, 0.05) is 55.8 Å². The van der Waals surface area contributed by atoms with Crippen molar-refractivity contribution in [2.75, 3.05) is 33.3 Å². The van der Waals surface area contributed by atoms with Crippen molar-refractivity contribution in [2.24, 2.45) is 11.8 Å². The summed E-state index contributed by atoms with van der Waals surface area (Å²) in [5, 5.41) is 10.5. The lowest BCUT2D eigenvalue weighted by Gasteiger charge is -2.30. The number of rotatable bonds is 9. The first kappa shape index (κ1) is 29.5. The molecule has 0 radical (unpaired) electrons. The lowest BCUT2D eigenvalue weighted by molar-refractivity contribution is -0.137. The van der Waals surface area contributed by atoms with Crippen molar-refractivity contribution in [1.29, 1.82) is 0 Å². The summed E-state index contributed by atoms with van der Waals surface area (Å²) in [6, 6.07) is 18.1. The van der Waals surface area contributed by atoms with Crippen LogP contribution in [0.2, 0.25) is 0 Å². The Morgan fingerprint density at radius 1 is 1.07 bits per heavy atom. The second-order valence-electron chi connectivity index (χ2n) is 11.1. The zero-order chi connectivity index (χ0) is 29.0. The van der Waals surface area contributed by atoms with Gasteiger partial charge in [0.1, 0.15) is 11.5 Å². The number of likely N-dealkylation sites (tertiary alicyclic amines) is 1. The largest absolute Gasteiger partial charge is 0.507 e. The molecule has 2 atom stereocenters. The lowest BCUT2D eigenvalue weighted by atomic mass is 9.87. The average molecular weight is 555 g/mol. The zero-order valence-corrected chi connectivity index (χ0v) is 23.4. The summed E-state index contributed by atoms with van der Waals surface area (Å²) >= 11 is 0. The number of benzene rings is 3. The number of ether oxygens (including phenoxy) is 1. The minimum atomic E-state index is -4.44. The van der Waals surface area contributed by atoms with Crippen molar-refractivity contribution in [2.45, 2.75) is 39.4 Å². The van der Waals surface area contributed by atoms with E-state index in [1.54, 1.807) is 24.3 Å². The Kier molecular flexibility index (Phi) is 9.08. The maximum absolute atomic E-state index is 13.6. The number of phenolic OH excluding ortho intramolecular Hbond substituents is 1. The first-order chi connectivity index (χ1) is 18.9. The molecule has 1 heterocycles. The highest BCUT2D eigenvalue weighted by Crippen LogP contribution is 2.38. The molecule has 8 heteroatoms. The summed E-state index contributed by atoms with van der Waals surface area (Å²) in [5.41, 5.74) is 2.29. The third-order valence-corrected chi connectivity index (χ3v) is 7.47. The Morgan fingerprint density at radius 3 is 2.42 bits per heavy atom. The fourth-order valence-electron chi connectivity index (χ4n) is 5.49. The van der Waals surface area contributed by atoms with Gasteiger partial charge in [-0.25, -0.2) is 0 Å². The van der Waals surface area contributed by atoms with Crippen LogP contribution >= 0.6 is 0 Å². The first-order valence-electron chi connectivity index (χ1n) is 13.6. The molecule has 1 aliphatic heterocycles. The summed E-state index contributed by atoms with van der Waals surface area (Å²) in [4.78, 5) is 17.6. The van der Waals surface area contributed by atoms with E-state index >= 15 is 0 Å². The standard InChI is InChI=1S/C32H37F3N2O3/c1-21(2)16-37(31(39)23-10-8-22(3)9-11-23)19-26-18-36(17-25-12-13-28(40-4)15-30(25)38)20-29(26)24-6-5-7-27(14-24)32(33,34)35/h5-15,21,26,29,38H,16-20H2,1-4H3/t26-,29-/m1/s1. The summed E-state index contributed by atoms with van der Waals surface area (Å²) in [6.45, 7) is 8.52. The molecule has 5 nitrogen and oxygen atoms in total. The van der Waals surface area contributed by atoms with Crippen LogP contribution in [0.5, 0.6) is 11.5 Å². The molecular weight excluding hydrogens is 517 g/mol. The number of amides is 1. The highest BCUT2D eigenvalue weighted by Gasteiger charge is 2.38. The van der Waals surface area contributed by atoms with E-state index in [0.717, 1.165) is 11.6 Å². The van der Waals surface area contributed by atoms with E-state index in [-0.39, 0.29) is 29.4 Å². The van der Waals surface area contributed by atoms with Crippen LogP contribution in [-0.4, -0.2) is 54.1 Å². The Hall–Kier alpha value is -3.52. The molecule has 0 aliphatic carbocycles. The molecule has 3 aromatic carbocycles. The summed E-state index contributed by atoms with van der Waals surface area (Å²) < 4.78 is 46.0. The normalized spacial score (nSPS) is 17.8. The number of hydrogen-bond donors (Lipinski definition) is 1. The average Bonchev–Trinajstić information content (AvgIpc) is 3.31. The molecule has 214 valence electrons. The number of nitrogens with zero attached hydrogens (tertiary/aromatic N) is 2. The zero-order valence-electron chi connectivity index (χ0n) is 23.4. The molecule has 0 spiro atoms. The van der Waals surface area contributed by atoms with Crippen LogP contribution < -0.4 is 4.74 Å². The van der Waals surface area contributed by atoms with E-state index in [1.807, 2.05) is 49.9 Å². The van der Waals surface area contributed by atoms with E-state index < -0.39 is 11.7 Å². The van der Waals surface area contributed by atoms with E-state index in [4.69, 9.17) is 4.74 Å². The van der Waals surface area contributed by atoms with Crippen molar-refractivity contribution in [3.63, 3.8) is 0 Å². The van der Waals surface area contributed by atoms with Gasteiger partial charge in [-0.15, -0.1) is 0 Å². The molecule has 1 amide bonds. The third kappa shape index (κ3) is 7.16. The number of aromatic hydroxyl groups is 1. The topological polar surface area (TPSA) is 53.0 Å². The van der Waals surface area contributed by atoms with E-state index in [9.17, 15) is 23.1 Å². The molecule has 1 aliphatic rings. The van der Waals surface area contributed by atoms with Gasteiger partial charge in [-0.05, 0) is 48.6 Å². The monoisotopic (exact) mass is 554 g/mol. The van der Waals surface area contributed by atoms with Crippen LogP contribution in [0.15, 0.2) is 66.7 Å². The molecule has 0 bridgehead atoms. The Bertz CT molecular complexity index is 1310. The van der Waals surface area contributed by atoms with Gasteiger partial charge in [0.15, 0.2) is 0 Å². The molecular formula is C32H37F3N2O3. The molecule has 3 aromatic rings. The number of carbonyl (C=O) groups is 1. The maximum Gasteiger partial charge on any atom is 0.416 e. The van der Waals surface area contributed by atoms with E-state index in [2.05, 4.69) is 4.90 Å². The lowest BCUT2D eigenvalue weighted by Crippen LogP contribution is -2.39. The van der Waals surface area contributed by atoms with Crippen molar-refractivity contribution < 1.29 is 27.8 Å². The van der Waals surface area contributed by atoms with Crippen molar-refractivity contribution in [3.05, 3.63) is 94.5 Å². The van der Waals surface area contributed by atoms with E-state index in [0.29, 0.717) is 55.2 Å². The van der Waals surface area contributed by atoms with Gasteiger partial charge in [-0.2, -0.15) is 13.2 Å². The maximum atomic E-state index is 13.6. The van der Waals surface area contributed by atoms with Gasteiger partial charge in [-0.1, -0.05) is 55.8 Å². The van der Waals surface area contributed by atoms with Crippen molar-refractivity contribution in [3.8, 4) is 11.5 Å². The minimum absolute atomic E-state index is 0.0808. The predicted octanol–water partition coefficient (Wildman–Crippen LogP) is 6.74. The second-order valence-corrected chi connectivity index (χ2v) is 11.1. The third-order valence-electron chi connectivity index (χ3n) is 7.47. The molecule has 40 heavy (non-hydrogen) atoms.